The number of carbonyl (C=O) groups is 1. The lowest BCUT2D eigenvalue weighted by molar-refractivity contribution is -0.136. The topological polar surface area (TPSA) is 68.5 Å². The molecule has 3 aromatic carbocycles. The molecule has 3 aromatic rings. The van der Waals surface area contributed by atoms with Crippen LogP contribution < -0.4 is 14.2 Å². The van der Waals surface area contributed by atoms with E-state index in [9.17, 15) is 4.79 Å². The Bertz CT molecular complexity index is 931. The molecule has 0 saturated carbocycles. The van der Waals surface area contributed by atoms with Gasteiger partial charge in [0.15, 0.2) is 6.61 Å². The first-order chi connectivity index (χ1) is 13.2. The molecule has 0 bridgehead atoms. The quantitative estimate of drug-likeness (QED) is 0.469. The summed E-state index contributed by atoms with van der Waals surface area (Å²) in [4.78, 5) is 11.9. The molecule has 3 rings (SSSR count). The van der Waals surface area contributed by atoms with Gasteiger partial charge in [0.2, 0.25) is 0 Å². The number of hydrogen-bond donors (Lipinski definition) is 0. The highest BCUT2D eigenvalue weighted by molar-refractivity contribution is 5.74. The number of rotatable bonds is 7. The monoisotopic (exact) mass is 359 g/mol. The second kappa shape index (κ2) is 9.07. The summed E-state index contributed by atoms with van der Waals surface area (Å²) in [5.74, 6) is 0.865. The van der Waals surface area contributed by atoms with Crippen LogP contribution in [0.1, 0.15) is 11.1 Å². The van der Waals surface area contributed by atoms with Gasteiger partial charge < -0.3 is 14.2 Å². The second-order valence-corrected chi connectivity index (χ2v) is 5.62. The summed E-state index contributed by atoms with van der Waals surface area (Å²) >= 11 is 0. The Morgan fingerprint density at radius 1 is 0.815 bits per heavy atom. The zero-order valence-corrected chi connectivity index (χ0v) is 14.5. The predicted octanol–water partition coefficient (Wildman–Crippen LogP) is 4.12. The standard InChI is InChI=1S/C22H17NO4/c23-14-18-8-4-5-9-21(18)26-16-22(24)27-20-12-10-19(11-13-20)25-15-17-6-2-1-3-7-17/h1-13H,15-16H2. The fourth-order valence-electron chi connectivity index (χ4n) is 2.33. The van der Waals surface area contributed by atoms with E-state index in [0.29, 0.717) is 29.4 Å². The van der Waals surface area contributed by atoms with E-state index < -0.39 is 5.97 Å². The van der Waals surface area contributed by atoms with Gasteiger partial charge in [0.05, 0.1) is 5.56 Å². The summed E-state index contributed by atoms with van der Waals surface area (Å²) in [5, 5.41) is 9.00. The first-order valence-corrected chi connectivity index (χ1v) is 8.34. The Morgan fingerprint density at radius 2 is 1.48 bits per heavy atom. The average molecular weight is 359 g/mol. The van der Waals surface area contributed by atoms with Crippen LogP contribution in [0.3, 0.4) is 0 Å². The van der Waals surface area contributed by atoms with Gasteiger partial charge in [-0.3, -0.25) is 0 Å². The SMILES string of the molecule is N#Cc1ccccc1OCC(=O)Oc1ccc(OCc2ccccc2)cc1. The third-order valence-corrected chi connectivity index (χ3v) is 3.66. The van der Waals surface area contributed by atoms with Crippen molar-refractivity contribution in [3.8, 4) is 23.3 Å². The van der Waals surface area contributed by atoms with Crippen molar-refractivity contribution in [1.29, 1.82) is 5.26 Å². The van der Waals surface area contributed by atoms with Crippen LogP contribution in [0.2, 0.25) is 0 Å². The first kappa shape index (κ1) is 18.0. The van der Waals surface area contributed by atoms with Gasteiger partial charge in [-0.2, -0.15) is 5.26 Å². The molecule has 0 atom stereocenters. The van der Waals surface area contributed by atoms with E-state index in [4.69, 9.17) is 19.5 Å². The predicted molar refractivity (Wildman–Crippen MR) is 99.5 cm³/mol. The van der Waals surface area contributed by atoms with Gasteiger partial charge >= 0.3 is 5.97 Å². The highest BCUT2D eigenvalue weighted by Gasteiger charge is 2.09. The van der Waals surface area contributed by atoms with Gasteiger partial charge in [0.1, 0.15) is 29.9 Å². The maximum Gasteiger partial charge on any atom is 0.349 e. The molecule has 0 spiro atoms. The largest absolute Gasteiger partial charge is 0.489 e. The molecular weight excluding hydrogens is 342 g/mol. The molecule has 0 unspecified atom stereocenters. The number of para-hydroxylation sites is 1. The van der Waals surface area contributed by atoms with Crippen molar-refractivity contribution in [1.82, 2.24) is 0 Å². The molecule has 0 aliphatic heterocycles. The molecule has 27 heavy (non-hydrogen) atoms. The molecule has 0 fully saturated rings. The van der Waals surface area contributed by atoms with Crippen LogP contribution in [0.4, 0.5) is 0 Å². The Balaban J connectivity index is 1.49. The molecular formula is C22H17NO4. The summed E-state index contributed by atoms with van der Waals surface area (Å²) in [5.41, 5.74) is 1.44. The van der Waals surface area contributed by atoms with Crippen molar-refractivity contribution < 1.29 is 19.0 Å². The number of esters is 1. The van der Waals surface area contributed by atoms with Crippen molar-refractivity contribution in [2.24, 2.45) is 0 Å². The second-order valence-electron chi connectivity index (χ2n) is 5.62. The molecule has 134 valence electrons. The molecule has 0 saturated heterocycles. The van der Waals surface area contributed by atoms with E-state index in [0.717, 1.165) is 5.56 Å². The Hall–Kier alpha value is -3.78. The molecule has 0 aromatic heterocycles. The third kappa shape index (κ3) is 5.35. The minimum absolute atomic E-state index is 0.287. The molecule has 0 radical (unpaired) electrons. The highest BCUT2D eigenvalue weighted by Crippen LogP contribution is 2.20. The zero-order valence-electron chi connectivity index (χ0n) is 14.5. The van der Waals surface area contributed by atoms with Gasteiger partial charge in [-0.15, -0.1) is 0 Å². The van der Waals surface area contributed by atoms with Gasteiger partial charge in [-0.05, 0) is 42.0 Å². The van der Waals surface area contributed by atoms with Crippen LogP contribution in [0.15, 0.2) is 78.9 Å². The number of nitrogens with zero attached hydrogens (tertiary/aromatic N) is 1. The van der Waals surface area contributed by atoms with Crippen LogP contribution in [0, 0.1) is 11.3 Å². The average Bonchev–Trinajstić information content (AvgIpc) is 2.72. The molecule has 5 heteroatoms. The molecule has 0 heterocycles. The van der Waals surface area contributed by atoms with Crippen LogP contribution in [0.5, 0.6) is 17.2 Å². The van der Waals surface area contributed by atoms with Crippen molar-refractivity contribution in [3.63, 3.8) is 0 Å². The highest BCUT2D eigenvalue weighted by atomic mass is 16.6. The zero-order chi connectivity index (χ0) is 18.9. The molecule has 0 N–H and O–H groups in total. The van der Waals surface area contributed by atoms with Gasteiger partial charge in [0.25, 0.3) is 0 Å². The van der Waals surface area contributed by atoms with E-state index in [2.05, 4.69) is 0 Å². The minimum Gasteiger partial charge on any atom is -0.489 e. The number of hydrogen-bond acceptors (Lipinski definition) is 5. The third-order valence-electron chi connectivity index (χ3n) is 3.66. The Labute approximate surface area is 157 Å². The summed E-state index contributed by atoms with van der Waals surface area (Å²) in [6.07, 6.45) is 0. The number of ether oxygens (including phenoxy) is 3. The number of carbonyl (C=O) groups excluding carboxylic acids is 1. The van der Waals surface area contributed by atoms with Crippen LogP contribution >= 0.6 is 0 Å². The molecule has 5 nitrogen and oxygen atoms in total. The first-order valence-electron chi connectivity index (χ1n) is 8.34. The molecule has 0 amide bonds. The lowest BCUT2D eigenvalue weighted by atomic mass is 10.2. The summed E-state index contributed by atoms with van der Waals surface area (Å²) < 4.78 is 16.3. The van der Waals surface area contributed by atoms with Gasteiger partial charge in [-0.1, -0.05) is 42.5 Å². The lowest BCUT2D eigenvalue weighted by Gasteiger charge is -2.09. The Morgan fingerprint density at radius 3 is 2.22 bits per heavy atom. The molecule has 0 aliphatic carbocycles. The van der Waals surface area contributed by atoms with Crippen LogP contribution in [-0.2, 0) is 11.4 Å². The smallest absolute Gasteiger partial charge is 0.349 e. The number of nitriles is 1. The van der Waals surface area contributed by atoms with Crippen LogP contribution in [-0.4, -0.2) is 12.6 Å². The normalized spacial score (nSPS) is 9.89. The minimum atomic E-state index is -0.555. The Kier molecular flexibility index (Phi) is 6.05. The van der Waals surface area contributed by atoms with E-state index in [1.54, 1.807) is 48.5 Å². The molecule has 0 aliphatic rings. The maximum absolute atomic E-state index is 11.9. The van der Waals surface area contributed by atoms with E-state index >= 15 is 0 Å². The summed E-state index contributed by atoms with van der Waals surface area (Å²) in [6.45, 7) is 0.178. The maximum atomic E-state index is 11.9. The van der Waals surface area contributed by atoms with Crippen molar-refractivity contribution in [2.45, 2.75) is 6.61 Å². The summed E-state index contributed by atoms with van der Waals surface area (Å²) in [6, 6.07) is 25.3. The van der Waals surface area contributed by atoms with E-state index in [-0.39, 0.29) is 6.61 Å². The van der Waals surface area contributed by atoms with Crippen molar-refractivity contribution in [2.75, 3.05) is 6.61 Å². The van der Waals surface area contributed by atoms with E-state index in [1.807, 2.05) is 36.4 Å². The number of benzene rings is 3. The van der Waals surface area contributed by atoms with Gasteiger partial charge in [-0.25, -0.2) is 4.79 Å². The van der Waals surface area contributed by atoms with Crippen LogP contribution in [0.25, 0.3) is 0 Å². The van der Waals surface area contributed by atoms with E-state index in [1.165, 1.54) is 0 Å². The van der Waals surface area contributed by atoms with Crippen molar-refractivity contribution in [3.05, 3.63) is 90.0 Å². The lowest BCUT2D eigenvalue weighted by Crippen LogP contribution is -2.18. The summed E-state index contributed by atoms with van der Waals surface area (Å²) in [7, 11) is 0. The fraction of sp³-hybridized carbons (Fsp3) is 0.0909. The fourth-order valence-corrected chi connectivity index (χ4v) is 2.33. The van der Waals surface area contributed by atoms with Gasteiger partial charge in [0, 0.05) is 0 Å². The van der Waals surface area contributed by atoms with Crippen molar-refractivity contribution >= 4 is 5.97 Å².